The lowest BCUT2D eigenvalue weighted by molar-refractivity contribution is -0.122. The van der Waals surface area contributed by atoms with Crippen LogP contribution in [0, 0.1) is 23.4 Å². The molecule has 3 aromatic carbocycles. The van der Waals surface area contributed by atoms with Gasteiger partial charge in [0.25, 0.3) is 0 Å². The smallest absolute Gasteiger partial charge is 0.414 e. The summed E-state index contributed by atoms with van der Waals surface area (Å²) >= 11 is 0. The van der Waals surface area contributed by atoms with Gasteiger partial charge in [0.05, 0.1) is 5.69 Å². The number of hydrogen-bond acceptors (Lipinski definition) is 7. The van der Waals surface area contributed by atoms with Gasteiger partial charge in [-0.2, -0.15) is 0 Å². The van der Waals surface area contributed by atoms with Crippen LogP contribution in [-0.4, -0.2) is 47.4 Å². The molecule has 3 heterocycles. The first-order valence-electron chi connectivity index (χ1n) is 18.4. The molecule has 2 amide bonds. The molecule has 4 aromatic rings. The zero-order chi connectivity index (χ0) is 37.7. The predicted molar refractivity (Wildman–Crippen MR) is 194 cm³/mol. The van der Waals surface area contributed by atoms with E-state index < -0.39 is 23.3 Å². The molecule has 1 unspecified atom stereocenters. The van der Waals surface area contributed by atoms with E-state index in [0.717, 1.165) is 72.5 Å². The van der Waals surface area contributed by atoms with Crippen molar-refractivity contribution in [3.8, 4) is 0 Å². The molecule has 0 radical (unpaired) electrons. The number of halogens is 3. The van der Waals surface area contributed by atoms with Crippen LogP contribution in [0.3, 0.4) is 0 Å². The third kappa shape index (κ3) is 7.50. The summed E-state index contributed by atoms with van der Waals surface area (Å²) in [6.07, 6.45) is 3.37. The number of fused-ring (bicyclic) bond motifs is 3. The van der Waals surface area contributed by atoms with Gasteiger partial charge in [-0.05, 0) is 122 Å². The number of rotatable bonds is 8. The van der Waals surface area contributed by atoms with Crippen molar-refractivity contribution in [1.29, 1.82) is 0 Å². The van der Waals surface area contributed by atoms with Crippen LogP contribution in [0.5, 0.6) is 0 Å². The number of carbonyl (C=O) groups is 2. The van der Waals surface area contributed by atoms with Crippen LogP contribution >= 0.6 is 0 Å². The highest BCUT2D eigenvalue weighted by Crippen LogP contribution is 2.53. The van der Waals surface area contributed by atoms with Gasteiger partial charge in [0.1, 0.15) is 17.5 Å². The van der Waals surface area contributed by atoms with E-state index in [-0.39, 0.29) is 53.8 Å². The fraction of sp³-hybridized carbons (Fsp3) is 0.463. The van der Waals surface area contributed by atoms with Gasteiger partial charge in [0, 0.05) is 44.1 Å². The summed E-state index contributed by atoms with van der Waals surface area (Å²) in [6, 6.07) is 14.1. The summed E-state index contributed by atoms with van der Waals surface area (Å²) in [6.45, 7) is 12.1. The molecule has 1 saturated heterocycles. The van der Waals surface area contributed by atoms with Gasteiger partial charge in [-0.25, -0.2) is 18.0 Å². The lowest BCUT2D eigenvalue weighted by Gasteiger charge is -2.41. The lowest BCUT2D eigenvalue weighted by atomic mass is 9.73. The Balaban J connectivity index is 1.06. The first kappa shape index (κ1) is 36.5. The predicted octanol–water partition coefficient (Wildman–Crippen LogP) is 8.50. The third-order valence-corrected chi connectivity index (χ3v) is 11.1. The molecule has 3 atom stereocenters. The monoisotopic (exact) mass is 729 g/mol. The molecule has 1 aromatic heterocycles. The molecule has 3 aliphatic rings. The van der Waals surface area contributed by atoms with E-state index >= 15 is 0 Å². The normalized spacial score (nSPS) is 19.7. The Morgan fingerprint density at radius 3 is 2.45 bits per heavy atom. The average Bonchev–Trinajstić information content (AvgIpc) is 3.83. The molecule has 1 spiro atoms. The van der Waals surface area contributed by atoms with E-state index in [2.05, 4.69) is 46.4 Å². The Labute approximate surface area is 307 Å². The highest BCUT2D eigenvalue weighted by Gasteiger charge is 2.46. The number of anilines is 2. The zero-order valence-electron chi connectivity index (χ0n) is 30.8. The number of benzene rings is 3. The van der Waals surface area contributed by atoms with E-state index in [0.29, 0.717) is 24.4 Å². The summed E-state index contributed by atoms with van der Waals surface area (Å²) in [5.74, 6) is -1.98. The summed E-state index contributed by atoms with van der Waals surface area (Å²) in [7, 11) is 0. The molecule has 9 nitrogen and oxygen atoms in total. The highest BCUT2D eigenvalue weighted by atomic mass is 19.2. The second kappa shape index (κ2) is 14.2. The molecule has 1 aliphatic carbocycles. The van der Waals surface area contributed by atoms with Gasteiger partial charge >= 0.3 is 6.09 Å². The van der Waals surface area contributed by atoms with E-state index in [1.165, 1.54) is 12.1 Å². The second-order valence-corrected chi connectivity index (χ2v) is 16.1. The van der Waals surface area contributed by atoms with Crippen molar-refractivity contribution in [3.63, 3.8) is 0 Å². The number of nitrogens with zero attached hydrogens (tertiary/aromatic N) is 4. The van der Waals surface area contributed by atoms with Crippen LogP contribution in [0.15, 0.2) is 65.4 Å². The van der Waals surface area contributed by atoms with Crippen molar-refractivity contribution in [1.82, 2.24) is 15.5 Å². The van der Waals surface area contributed by atoms with E-state index in [1.54, 1.807) is 11.0 Å². The van der Waals surface area contributed by atoms with Crippen LogP contribution in [-0.2, 0) is 21.4 Å². The minimum atomic E-state index is -0.981. The maximum Gasteiger partial charge on any atom is 0.414 e. The van der Waals surface area contributed by atoms with E-state index in [4.69, 9.17) is 9.15 Å². The van der Waals surface area contributed by atoms with Gasteiger partial charge in [-0.3, -0.25) is 9.69 Å². The Morgan fingerprint density at radius 1 is 1.00 bits per heavy atom. The Morgan fingerprint density at radius 2 is 1.77 bits per heavy atom. The minimum absolute atomic E-state index is 0.122. The van der Waals surface area contributed by atoms with Crippen molar-refractivity contribution >= 4 is 23.4 Å². The molecule has 12 heteroatoms. The van der Waals surface area contributed by atoms with Gasteiger partial charge in [0.2, 0.25) is 18.2 Å². The lowest BCUT2D eigenvalue weighted by Crippen LogP contribution is -2.42. The first-order chi connectivity index (χ1) is 25.2. The second-order valence-electron chi connectivity index (χ2n) is 16.1. The third-order valence-electron chi connectivity index (χ3n) is 11.1. The summed E-state index contributed by atoms with van der Waals surface area (Å²) in [4.78, 5) is 30.9. The maximum atomic E-state index is 14.8. The topological polar surface area (TPSA) is 101 Å². The van der Waals surface area contributed by atoms with Crippen LogP contribution in [0.2, 0.25) is 0 Å². The molecule has 2 aliphatic heterocycles. The van der Waals surface area contributed by atoms with Crippen LogP contribution in [0.25, 0.3) is 0 Å². The zero-order valence-corrected chi connectivity index (χ0v) is 30.8. The fourth-order valence-electron chi connectivity index (χ4n) is 8.53. The van der Waals surface area contributed by atoms with Crippen molar-refractivity contribution in [2.24, 2.45) is 5.92 Å². The van der Waals surface area contributed by atoms with Crippen molar-refractivity contribution in [2.75, 3.05) is 29.4 Å². The SMILES string of the molecule is CC(C)C1CN(C(=O)OC(C)(C)C)c2ccc(N3CCC4(CC3)C[C@@H](CC(=O)N[C@H](Cc3ccc(F)c(F)c3)c3nnco3)c3ccc(F)cc34)cc21. The Hall–Kier alpha value is -4.87. The highest BCUT2D eigenvalue weighted by molar-refractivity contribution is 5.91. The molecule has 280 valence electrons. The quantitative estimate of drug-likeness (QED) is 0.194. The number of ether oxygens (including phenoxy) is 1. The fourth-order valence-corrected chi connectivity index (χ4v) is 8.53. The molecular formula is C41H46F3N5O4. The van der Waals surface area contributed by atoms with Crippen LogP contribution in [0.4, 0.5) is 29.3 Å². The van der Waals surface area contributed by atoms with Crippen molar-refractivity contribution < 1.29 is 31.9 Å². The Kier molecular flexibility index (Phi) is 9.75. The van der Waals surface area contributed by atoms with Crippen molar-refractivity contribution in [2.45, 2.75) is 95.6 Å². The summed E-state index contributed by atoms with van der Waals surface area (Å²) in [5, 5.41) is 10.7. The van der Waals surface area contributed by atoms with Gasteiger partial charge < -0.3 is 19.4 Å². The molecule has 53 heavy (non-hydrogen) atoms. The van der Waals surface area contributed by atoms with E-state index in [9.17, 15) is 22.8 Å². The number of hydrogen-bond donors (Lipinski definition) is 1. The first-order valence-corrected chi connectivity index (χ1v) is 18.4. The molecule has 0 bridgehead atoms. The molecule has 0 saturated carbocycles. The largest absolute Gasteiger partial charge is 0.443 e. The van der Waals surface area contributed by atoms with Gasteiger partial charge in [-0.15, -0.1) is 10.2 Å². The van der Waals surface area contributed by atoms with Gasteiger partial charge in [-0.1, -0.05) is 26.0 Å². The number of nitrogens with one attached hydrogen (secondary N) is 1. The van der Waals surface area contributed by atoms with Gasteiger partial charge in [0.15, 0.2) is 11.6 Å². The number of amides is 2. The summed E-state index contributed by atoms with van der Waals surface area (Å²) < 4.78 is 53.5. The minimum Gasteiger partial charge on any atom is -0.443 e. The molecule has 7 rings (SSSR count). The number of aromatic nitrogens is 2. The number of piperidine rings is 1. The van der Waals surface area contributed by atoms with E-state index in [1.807, 2.05) is 32.9 Å². The van der Waals surface area contributed by atoms with Crippen molar-refractivity contribution in [3.05, 3.63) is 107 Å². The Bertz CT molecular complexity index is 1990. The molecule has 1 N–H and O–H groups in total. The standard InChI is InChI=1S/C41H46F3N5O4/c1-24(2)31-22-49(39(51)53-40(3,4)5)36-11-8-28(20-30(31)36)48-14-12-41(13-15-48)21-26(29-9-7-27(42)19-32(29)41)18-37(50)46-35(38-47-45-23-52-38)17-25-6-10-33(43)34(44)16-25/h6-11,16,19-20,23-24,26,31,35H,12-15,17-18,21-22H2,1-5H3,(H,46,50)/t26-,31?,35-/m1/s1. The molecular weight excluding hydrogens is 683 g/mol. The maximum absolute atomic E-state index is 14.8. The molecule has 1 fully saturated rings. The van der Waals surface area contributed by atoms with Crippen LogP contribution in [0.1, 0.15) is 106 Å². The number of carbonyl (C=O) groups excluding carboxylic acids is 2. The average molecular weight is 730 g/mol. The summed E-state index contributed by atoms with van der Waals surface area (Å²) in [5.41, 5.74) is 4.65. The van der Waals surface area contributed by atoms with Crippen LogP contribution < -0.4 is 15.1 Å².